The Labute approximate surface area is 185 Å². The highest BCUT2D eigenvalue weighted by atomic mass is 32.2. The summed E-state index contributed by atoms with van der Waals surface area (Å²) in [5.74, 6) is 0.479. The van der Waals surface area contributed by atoms with Crippen molar-refractivity contribution in [2.24, 2.45) is 0 Å². The minimum atomic E-state index is -3.54. The number of rotatable bonds is 6. The van der Waals surface area contributed by atoms with Crippen LogP contribution in [0.25, 0.3) is 11.5 Å². The van der Waals surface area contributed by atoms with Gasteiger partial charge in [0, 0.05) is 31.7 Å². The van der Waals surface area contributed by atoms with E-state index in [1.807, 2.05) is 31.2 Å². The lowest BCUT2D eigenvalue weighted by atomic mass is 10.1. The normalized spacial score (nSPS) is 15.2. The van der Waals surface area contributed by atoms with Gasteiger partial charge in [-0.15, -0.1) is 10.2 Å². The van der Waals surface area contributed by atoms with E-state index in [4.69, 9.17) is 4.42 Å². The molecule has 10 heteroatoms. The van der Waals surface area contributed by atoms with Crippen molar-refractivity contribution in [2.45, 2.75) is 17.0 Å². The van der Waals surface area contributed by atoms with Gasteiger partial charge in [-0.2, -0.15) is 4.31 Å². The molecule has 2 heterocycles. The Morgan fingerprint density at radius 1 is 1.00 bits per heavy atom. The van der Waals surface area contributed by atoms with Gasteiger partial charge >= 0.3 is 0 Å². The van der Waals surface area contributed by atoms with Crippen LogP contribution in [0.4, 0.5) is 0 Å². The maximum Gasteiger partial charge on any atom is 0.277 e. The van der Waals surface area contributed by atoms with Crippen molar-refractivity contribution in [2.75, 3.05) is 31.9 Å². The van der Waals surface area contributed by atoms with Crippen LogP contribution in [0.2, 0.25) is 0 Å². The lowest BCUT2D eigenvalue weighted by Gasteiger charge is -2.33. The highest BCUT2D eigenvalue weighted by Gasteiger charge is 2.30. The van der Waals surface area contributed by atoms with Gasteiger partial charge in [0.15, 0.2) is 0 Å². The molecule has 1 fully saturated rings. The fraction of sp³-hybridized carbons (Fsp3) is 0.286. The smallest absolute Gasteiger partial charge is 0.277 e. The molecule has 0 saturated carbocycles. The van der Waals surface area contributed by atoms with Gasteiger partial charge in [-0.1, -0.05) is 47.7 Å². The summed E-state index contributed by atoms with van der Waals surface area (Å²) in [6.45, 7) is 3.24. The topological polar surface area (TPSA) is 96.6 Å². The number of aromatic nitrogens is 2. The molecule has 0 N–H and O–H groups in total. The van der Waals surface area contributed by atoms with Crippen molar-refractivity contribution < 1.29 is 17.6 Å². The summed E-state index contributed by atoms with van der Waals surface area (Å²) in [7, 11) is -3.54. The van der Waals surface area contributed by atoms with E-state index in [-0.39, 0.29) is 29.6 Å². The van der Waals surface area contributed by atoms with Crippen molar-refractivity contribution >= 4 is 27.7 Å². The van der Waals surface area contributed by atoms with Crippen LogP contribution in [0.15, 0.2) is 69.1 Å². The molecule has 31 heavy (non-hydrogen) atoms. The van der Waals surface area contributed by atoms with Crippen LogP contribution in [0, 0.1) is 6.92 Å². The summed E-state index contributed by atoms with van der Waals surface area (Å²) in [6, 6.07) is 16.1. The average molecular weight is 459 g/mol. The van der Waals surface area contributed by atoms with E-state index in [0.29, 0.717) is 24.2 Å². The summed E-state index contributed by atoms with van der Waals surface area (Å²) in [5, 5.41) is 8.36. The Morgan fingerprint density at radius 3 is 2.35 bits per heavy atom. The summed E-state index contributed by atoms with van der Waals surface area (Å²) < 4.78 is 32.5. The Kier molecular flexibility index (Phi) is 6.40. The van der Waals surface area contributed by atoms with Crippen molar-refractivity contribution in [3.05, 3.63) is 60.2 Å². The lowest BCUT2D eigenvalue weighted by molar-refractivity contribution is -0.129. The van der Waals surface area contributed by atoms with Gasteiger partial charge in [0.25, 0.3) is 5.22 Å². The zero-order valence-electron chi connectivity index (χ0n) is 17.0. The van der Waals surface area contributed by atoms with Gasteiger partial charge < -0.3 is 9.32 Å². The zero-order chi connectivity index (χ0) is 21.8. The molecule has 1 saturated heterocycles. The predicted molar refractivity (Wildman–Crippen MR) is 117 cm³/mol. The first-order valence-corrected chi connectivity index (χ1v) is 12.2. The summed E-state index contributed by atoms with van der Waals surface area (Å²) in [6.07, 6.45) is 0. The first kappa shape index (κ1) is 21.5. The molecular weight excluding hydrogens is 436 g/mol. The molecule has 0 spiro atoms. The number of aryl methyl sites for hydroxylation is 1. The Bertz CT molecular complexity index is 1140. The molecule has 2 aromatic carbocycles. The number of amides is 1. The van der Waals surface area contributed by atoms with Gasteiger partial charge in [0.05, 0.1) is 10.6 Å². The van der Waals surface area contributed by atoms with Gasteiger partial charge in [-0.05, 0) is 31.2 Å². The zero-order valence-corrected chi connectivity index (χ0v) is 18.6. The first-order chi connectivity index (χ1) is 14.9. The molecule has 1 aliphatic rings. The van der Waals surface area contributed by atoms with Gasteiger partial charge in [0.1, 0.15) is 0 Å². The molecule has 4 rings (SSSR count). The SMILES string of the molecule is Cc1ccc(-c2nnc(SCC(=O)N3CCN(S(=O)(=O)c4ccccc4)CC3)o2)cc1. The molecule has 0 aliphatic carbocycles. The molecule has 162 valence electrons. The molecule has 0 bridgehead atoms. The van der Waals surface area contributed by atoms with Crippen LogP contribution in [0.1, 0.15) is 5.56 Å². The van der Waals surface area contributed by atoms with E-state index >= 15 is 0 Å². The van der Waals surface area contributed by atoms with E-state index in [2.05, 4.69) is 10.2 Å². The first-order valence-electron chi connectivity index (χ1n) is 9.80. The second-order valence-electron chi connectivity index (χ2n) is 7.13. The van der Waals surface area contributed by atoms with E-state index in [9.17, 15) is 13.2 Å². The number of piperazine rings is 1. The lowest BCUT2D eigenvalue weighted by Crippen LogP contribution is -2.50. The summed E-state index contributed by atoms with van der Waals surface area (Å²) in [5.41, 5.74) is 1.96. The fourth-order valence-corrected chi connectivity index (χ4v) is 5.32. The molecule has 8 nitrogen and oxygen atoms in total. The molecule has 0 unspecified atom stereocenters. The van der Waals surface area contributed by atoms with Crippen LogP contribution in [0.5, 0.6) is 0 Å². The molecule has 0 atom stereocenters. The van der Waals surface area contributed by atoms with E-state index < -0.39 is 10.0 Å². The molecule has 1 aliphatic heterocycles. The largest absolute Gasteiger partial charge is 0.411 e. The second-order valence-corrected chi connectivity index (χ2v) is 9.99. The maximum absolute atomic E-state index is 12.7. The molecular formula is C21H22N4O4S2. The van der Waals surface area contributed by atoms with Gasteiger partial charge in [0.2, 0.25) is 21.8 Å². The van der Waals surface area contributed by atoms with E-state index in [1.165, 1.54) is 16.1 Å². The fourth-order valence-electron chi connectivity index (χ4n) is 3.22. The van der Waals surface area contributed by atoms with Crippen molar-refractivity contribution in [3.8, 4) is 11.5 Å². The maximum atomic E-state index is 12.7. The number of carbonyl (C=O) groups excluding carboxylic acids is 1. The van der Waals surface area contributed by atoms with E-state index in [0.717, 1.165) is 11.1 Å². The third-order valence-corrected chi connectivity index (χ3v) is 7.71. The van der Waals surface area contributed by atoms with Crippen molar-refractivity contribution in [1.29, 1.82) is 0 Å². The minimum Gasteiger partial charge on any atom is -0.411 e. The minimum absolute atomic E-state index is 0.0863. The number of thioether (sulfide) groups is 1. The van der Waals surface area contributed by atoms with Gasteiger partial charge in [-0.3, -0.25) is 4.79 Å². The highest BCUT2D eigenvalue weighted by molar-refractivity contribution is 7.99. The Hall–Kier alpha value is -2.69. The number of nitrogens with zero attached hydrogens (tertiary/aromatic N) is 4. The van der Waals surface area contributed by atoms with E-state index in [1.54, 1.807) is 35.2 Å². The van der Waals surface area contributed by atoms with Crippen LogP contribution in [-0.2, 0) is 14.8 Å². The Balaban J connectivity index is 1.29. The van der Waals surface area contributed by atoms with Crippen LogP contribution < -0.4 is 0 Å². The molecule has 1 amide bonds. The standard InChI is InChI=1S/C21H22N4O4S2/c1-16-7-9-17(10-8-16)20-22-23-21(29-20)30-15-19(26)24-11-13-25(14-12-24)31(27,28)18-5-3-2-4-6-18/h2-10H,11-15H2,1H3. The van der Waals surface area contributed by atoms with Crippen LogP contribution in [-0.4, -0.2) is 65.7 Å². The quantitative estimate of drug-likeness (QED) is 0.524. The molecule has 0 radical (unpaired) electrons. The Morgan fingerprint density at radius 2 is 1.68 bits per heavy atom. The second kappa shape index (κ2) is 9.21. The third-order valence-electron chi connectivity index (χ3n) is 5.00. The predicted octanol–water partition coefficient (Wildman–Crippen LogP) is 2.67. The highest BCUT2D eigenvalue weighted by Crippen LogP contribution is 2.24. The van der Waals surface area contributed by atoms with Crippen molar-refractivity contribution in [1.82, 2.24) is 19.4 Å². The summed E-state index contributed by atoms with van der Waals surface area (Å²) in [4.78, 5) is 14.5. The monoisotopic (exact) mass is 458 g/mol. The van der Waals surface area contributed by atoms with Crippen LogP contribution >= 0.6 is 11.8 Å². The number of benzene rings is 2. The number of sulfonamides is 1. The third kappa shape index (κ3) is 4.97. The molecule has 3 aromatic rings. The summed E-state index contributed by atoms with van der Waals surface area (Å²) >= 11 is 1.18. The molecule has 1 aromatic heterocycles. The van der Waals surface area contributed by atoms with Gasteiger partial charge in [-0.25, -0.2) is 8.42 Å². The number of hydrogen-bond donors (Lipinski definition) is 0. The number of carbonyl (C=O) groups is 1. The number of hydrogen-bond acceptors (Lipinski definition) is 7. The van der Waals surface area contributed by atoms with Crippen LogP contribution in [0.3, 0.4) is 0 Å². The average Bonchev–Trinajstić information content (AvgIpc) is 3.28. The van der Waals surface area contributed by atoms with Crippen molar-refractivity contribution in [3.63, 3.8) is 0 Å².